The van der Waals surface area contributed by atoms with Crippen LogP contribution in [0.1, 0.15) is 23.0 Å². The predicted octanol–water partition coefficient (Wildman–Crippen LogP) is 3.84. The zero-order valence-electron chi connectivity index (χ0n) is 15.4. The van der Waals surface area contributed by atoms with Gasteiger partial charge in [0.05, 0.1) is 12.4 Å². The van der Waals surface area contributed by atoms with Crippen molar-refractivity contribution in [3.63, 3.8) is 0 Å². The first-order valence-corrected chi connectivity index (χ1v) is 9.00. The number of benzene rings is 2. The smallest absolute Gasteiger partial charge is 0.387 e. The minimum Gasteiger partial charge on any atom is -0.432 e. The summed E-state index contributed by atoms with van der Waals surface area (Å²) >= 11 is 0. The number of carbonyl (C=O) groups excluding carboxylic acids is 1. The molecule has 9 heteroatoms. The maximum absolute atomic E-state index is 15.5. The Morgan fingerprint density at radius 1 is 1.00 bits per heavy atom. The Morgan fingerprint density at radius 2 is 1.57 bits per heavy atom. The average molecular weight is 415 g/mol. The quantitative estimate of drug-likeness (QED) is 0.472. The highest BCUT2D eigenvalue weighted by molar-refractivity contribution is 5.92. The SMILES string of the molecule is O=C(NO)[C@]1(F)[C@H](c2ccccc2)[C@H]1c1ccc(-c2ncc(OC(F)F)cn2)cc1. The molecule has 1 aliphatic carbocycles. The summed E-state index contributed by atoms with van der Waals surface area (Å²) in [5.41, 5.74) is 0.942. The van der Waals surface area contributed by atoms with Crippen molar-refractivity contribution in [2.45, 2.75) is 24.1 Å². The molecule has 1 saturated carbocycles. The molecule has 4 rings (SSSR count). The number of amides is 1. The van der Waals surface area contributed by atoms with Crippen LogP contribution < -0.4 is 10.2 Å². The molecule has 2 N–H and O–H groups in total. The van der Waals surface area contributed by atoms with Gasteiger partial charge < -0.3 is 4.74 Å². The Kier molecular flexibility index (Phi) is 5.13. The highest BCUT2D eigenvalue weighted by Gasteiger charge is 2.72. The molecule has 1 fully saturated rings. The Labute approximate surface area is 169 Å². The molecule has 6 nitrogen and oxygen atoms in total. The number of nitrogens with zero attached hydrogens (tertiary/aromatic N) is 2. The van der Waals surface area contributed by atoms with Crippen LogP contribution in [0.3, 0.4) is 0 Å². The normalized spacial score (nSPS) is 22.6. The molecule has 0 unspecified atom stereocenters. The van der Waals surface area contributed by atoms with Crippen LogP contribution in [0.5, 0.6) is 5.75 Å². The van der Waals surface area contributed by atoms with Gasteiger partial charge >= 0.3 is 6.61 Å². The van der Waals surface area contributed by atoms with E-state index in [4.69, 9.17) is 5.21 Å². The lowest BCUT2D eigenvalue weighted by molar-refractivity contribution is -0.136. The molecule has 1 aliphatic rings. The van der Waals surface area contributed by atoms with Crippen LogP contribution >= 0.6 is 0 Å². The van der Waals surface area contributed by atoms with Crippen molar-refractivity contribution in [1.82, 2.24) is 15.4 Å². The first kappa shape index (κ1) is 19.8. The zero-order chi connectivity index (χ0) is 21.3. The fourth-order valence-electron chi connectivity index (χ4n) is 3.72. The number of nitrogens with one attached hydrogen (secondary N) is 1. The number of hydroxylamine groups is 1. The van der Waals surface area contributed by atoms with Gasteiger partial charge in [0.1, 0.15) is 0 Å². The Hall–Kier alpha value is -3.46. The Morgan fingerprint density at radius 3 is 2.10 bits per heavy atom. The van der Waals surface area contributed by atoms with E-state index in [1.807, 2.05) is 0 Å². The second-order valence-corrected chi connectivity index (χ2v) is 6.82. The van der Waals surface area contributed by atoms with Crippen LogP contribution in [-0.2, 0) is 4.79 Å². The number of hydrogen-bond acceptors (Lipinski definition) is 5. The van der Waals surface area contributed by atoms with Crippen LogP contribution in [0.4, 0.5) is 13.2 Å². The molecule has 0 spiro atoms. The molecule has 154 valence electrons. The van der Waals surface area contributed by atoms with E-state index in [0.29, 0.717) is 16.7 Å². The molecular weight excluding hydrogens is 399 g/mol. The summed E-state index contributed by atoms with van der Waals surface area (Å²) in [6.45, 7) is -2.97. The van der Waals surface area contributed by atoms with Crippen LogP contribution in [0.15, 0.2) is 67.0 Å². The highest BCUT2D eigenvalue weighted by atomic mass is 19.3. The third-order valence-corrected chi connectivity index (χ3v) is 5.12. The lowest BCUT2D eigenvalue weighted by atomic mass is 10.0. The van der Waals surface area contributed by atoms with Gasteiger partial charge in [-0.25, -0.2) is 19.8 Å². The first-order valence-electron chi connectivity index (χ1n) is 9.00. The van der Waals surface area contributed by atoms with E-state index in [1.54, 1.807) is 54.6 Å². The summed E-state index contributed by atoms with van der Waals surface area (Å²) in [6, 6.07) is 15.4. The van der Waals surface area contributed by atoms with Gasteiger partial charge in [-0.1, -0.05) is 54.6 Å². The molecule has 0 radical (unpaired) electrons. The van der Waals surface area contributed by atoms with Gasteiger partial charge in [-0.05, 0) is 11.1 Å². The number of carbonyl (C=O) groups is 1. The van der Waals surface area contributed by atoms with Gasteiger partial charge in [-0.2, -0.15) is 8.78 Å². The molecular formula is C21H16F3N3O3. The fraction of sp³-hybridized carbons (Fsp3) is 0.190. The van der Waals surface area contributed by atoms with Gasteiger partial charge in [0.15, 0.2) is 11.6 Å². The largest absolute Gasteiger partial charge is 0.432 e. The number of alkyl halides is 3. The lowest BCUT2D eigenvalue weighted by Gasteiger charge is -2.07. The minimum absolute atomic E-state index is 0.161. The molecule has 2 aromatic carbocycles. The molecule has 0 aliphatic heterocycles. The van der Waals surface area contributed by atoms with E-state index < -0.39 is 30.0 Å². The van der Waals surface area contributed by atoms with E-state index in [0.717, 1.165) is 12.4 Å². The summed E-state index contributed by atoms with van der Waals surface area (Å²) in [5.74, 6) is -2.49. The molecule has 3 atom stereocenters. The van der Waals surface area contributed by atoms with Gasteiger partial charge in [0.25, 0.3) is 5.91 Å². The van der Waals surface area contributed by atoms with Gasteiger partial charge in [0.2, 0.25) is 5.67 Å². The number of hydrogen-bond donors (Lipinski definition) is 2. The number of ether oxygens (including phenoxy) is 1. The number of aromatic nitrogens is 2. The lowest BCUT2D eigenvalue weighted by Crippen LogP contribution is -2.33. The first-order chi connectivity index (χ1) is 14.4. The minimum atomic E-state index is -2.97. The van der Waals surface area contributed by atoms with Gasteiger partial charge in [0, 0.05) is 17.4 Å². The molecule has 1 aromatic heterocycles. The summed E-state index contributed by atoms with van der Waals surface area (Å²) in [5, 5.41) is 9.00. The van der Waals surface area contributed by atoms with Crippen molar-refractivity contribution >= 4 is 5.91 Å². The van der Waals surface area contributed by atoms with E-state index >= 15 is 4.39 Å². The second kappa shape index (κ2) is 7.75. The van der Waals surface area contributed by atoms with Crippen molar-refractivity contribution in [2.24, 2.45) is 0 Å². The molecule has 1 heterocycles. The van der Waals surface area contributed by atoms with Gasteiger partial charge in [-0.3, -0.25) is 10.0 Å². The van der Waals surface area contributed by atoms with Crippen molar-refractivity contribution in [3.05, 3.63) is 78.1 Å². The van der Waals surface area contributed by atoms with Gasteiger partial charge in [-0.15, -0.1) is 0 Å². The average Bonchev–Trinajstić information content (AvgIpc) is 3.41. The Balaban J connectivity index is 1.59. The third kappa shape index (κ3) is 3.48. The predicted molar refractivity (Wildman–Crippen MR) is 99.8 cm³/mol. The van der Waals surface area contributed by atoms with E-state index in [9.17, 15) is 13.6 Å². The van der Waals surface area contributed by atoms with Crippen LogP contribution in [0, 0.1) is 0 Å². The molecule has 3 aromatic rings. The highest BCUT2D eigenvalue weighted by Crippen LogP contribution is 2.66. The number of rotatable bonds is 6. The molecule has 0 saturated heterocycles. The van der Waals surface area contributed by atoms with Crippen LogP contribution in [0.2, 0.25) is 0 Å². The molecule has 0 bridgehead atoms. The standard InChI is InChI=1S/C21H16F3N3O3/c22-20(23)30-15-10-25-18(26-11-15)14-8-6-13(7-9-14)17-16(12-4-2-1-3-5-12)21(17,24)19(28)27-29/h1-11,16-17,20,29H,(H,27,28)/t16-,17-,21+/m1/s1. The maximum atomic E-state index is 15.5. The van der Waals surface area contributed by atoms with Crippen LogP contribution in [0.25, 0.3) is 11.4 Å². The van der Waals surface area contributed by atoms with Crippen molar-refractivity contribution in [1.29, 1.82) is 0 Å². The maximum Gasteiger partial charge on any atom is 0.387 e. The molecule has 1 amide bonds. The molecule has 30 heavy (non-hydrogen) atoms. The monoisotopic (exact) mass is 415 g/mol. The third-order valence-electron chi connectivity index (χ3n) is 5.12. The fourth-order valence-corrected chi connectivity index (χ4v) is 3.72. The van der Waals surface area contributed by atoms with Crippen LogP contribution in [-0.4, -0.2) is 33.4 Å². The number of halogens is 3. The topological polar surface area (TPSA) is 84.3 Å². The van der Waals surface area contributed by atoms with Crippen molar-refractivity contribution in [2.75, 3.05) is 0 Å². The van der Waals surface area contributed by atoms with E-state index in [-0.39, 0.29) is 11.6 Å². The van der Waals surface area contributed by atoms with E-state index in [2.05, 4.69) is 14.7 Å². The summed E-state index contributed by atoms with van der Waals surface area (Å²) in [7, 11) is 0. The summed E-state index contributed by atoms with van der Waals surface area (Å²) in [4.78, 5) is 20.0. The summed E-state index contributed by atoms with van der Waals surface area (Å²) in [6.07, 6.45) is 2.26. The Bertz CT molecular complexity index is 1030. The van der Waals surface area contributed by atoms with E-state index in [1.165, 1.54) is 5.48 Å². The van der Waals surface area contributed by atoms with Crippen molar-refractivity contribution < 1.29 is 27.9 Å². The zero-order valence-corrected chi connectivity index (χ0v) is 15.4. The second-order valence-electron chi connectivity index (χ2n) is 6.82. The van der Waals surface area contributed by atoms with Crippen molar-refractivity contribution in [3.8, 4) is 17.1 Å². The summed E-state index contributed by atoms with van der Waals surface area (Å²) < 4.78 is 44.1.